The van der Waals surface area contributed by atoms with E-state index in [4.69, 9.17) is 0 Å². The minimum absolute atomic E-state index is 0. The molecule has 0 bridgehead atoms. The summed E-state index contributed by atoms with van der Waals surface area (Å²) in [6.45, 7) is 12.2. The number of hydrogen-bond donors (Lipinski definition) is 0. The number of rotatable bonds is 1. The first-order chi connectivity index (χ1) is 9.38. The van der Waals surface area contributed by atoms with Gasteiger partial charge in [0.05, 0.1) is 0 Å². The minimum atomic E-state index is 0. The summed E-state index contributed by atoms with van der Waals surface area (Å²) in [5.41, 5.74) is 2.19. The van der Waals surface area contributed by atoms with Gasteiger partial charge in [0.1, 0.15) is 0 Å². The average molecular weight is 345 g/mol. The molecule has 0 heterocycles. The van der Waals surface area contributed by atoms with Crippen LogP contribution in [-0.4, -0.2) is 0 Å². The Morgan fingerprint density at radius 1 is 0.700 bits per heavy atom. The Morgan fingerprint density at radius 3 is 1.20 bits per heavy atom. The summed E-state index contributed by atoms with van der Waals surface area (Å²) in [5, 5.41) is 0. The van der Waals surface area contributed by atoms with Crippen LogP contribution in [0.25, 0.3) is 11.1 Å². The van der Waals surface area contributed by atoms with E-state index in [1.54, 1.807) is 0 Å². The summed E-state index contributed by atoms with van der Waals surface area (Å²) in [4.78, 5) is 0. The fourth-order valence-corrected chi connectivity index (χ4v) is 1.12. The van der Waals surface area contributed by atoms with Crippen LogP contribution < -0.4 is 0 Å². The summed E-state index contributed by atoms with van der Waals surface area (Å²) in [7, 11) is 0. The summed E-state index contributed by atoms with van der Waals surface area (Å²) < 4.78 is 0. The Morgan fingerprint density at radius 2 is 1.00 bits per heavy atom. The van der Waals surface area contributed by atoms with Gasteiger partial charge in [-0.05, 0) is 0 Å². The van der Waals surface area contributed by atoms with Gasteiger partial charge >= 0.3 is 0 Å². The van der Waals surface area contributed by atoms with E-state index in [9.17, 15) is 0 Å². The van der Waals surface area contributed by atoms with Gasteiger partial charge in [0.25, 0.3) is 0 Å². The predicted octanol–water partition coefficient (Wildman–Crippen LogP) is 6.42. The zero-order valence-corrected chi connectivity index (χ0v) is 16.7. The molecule has 0 unspecified atom stereocenters. The molecule has 0 nitrogen and oxygen atoms in total. The second kappa shape index (κ2) is 20.9. The summed E-state index contributed by atoms with van der Waals surface area (Å²) in [6, 6.07) is 22.1. The van der Waals surface area contributed by atoms with E-state index >= 15 is 0 Å². The van der Waals surface area contributed by atoms with E-state index in [1.165, 1.54) is 6.42 Å². The van der Waals surface area contributed by atoms with Gasteiger partial charge < -0.3 is 0 Å². The molecule has 0 aliphatic carbocycles. The van der Waals surface area contributed by atoms with E-state index in [0.29, 0.717) is 0 Å². The minimum Gasteiger partial charge on any atom is -0.226 e. The predicted molar refractivity (Wildman–Crippen MR) is 88.2 cm³/mol. The first-order valence-electron chi connectivity index (χ1n) is 7.32. The molecule has 0 saturated heterocycles. The second-order valence-electron chi connectivity index (χ2n) is 3.26. The van der Waals surface area contributed by atoms with Crippen LogP contribution in [0, 0.1) is 12.1 Å². The van der Waals surface area contributed by atoms with Crippen LogP contribution in [0.1, 0.15) is 48.0 Å². The van der Waals surface area contributed by atoms with Crippen LogP contribution in [0.3, 0.4) is 0 Å². The molecule has 0 aliphatic heterocycles. The van der Waals surface area contributed by atoms with Gasteiger partial charge in [-0.1, -0.05) is 48.0 Å². The third-order valence-electron chi connectivity index (χ3n) is 1.71. The van der Waals surface area contributed by atoms with Crippen molar-refractivity contribution >= 4 is 0 Å². The first-order valence-corrected chi connectivity index (χ1v) is 7.32. The molecule has 20 heavy (non-hydrogen) atoms. The van der Waals surface area contributed by atoms with Gasteiger partial charge in [0.2, 0.25) is 0 Å². The standard InChI is InChI=1S/C12H8.C3H8.2C2H6.Y/c1-3-7-11(8-4-1)12-9-5-2-6-10-12;1-3-2;2*1-2;/h1-7,9H;3H2,1-2H3;2*1-2H3;/q-2;;;;. The summed E-state index contributed by atoms with van der Waals surface area (Å²) in [6.07, 6.45) is 1.25. The van der Waals surface area contributed by atoms with Crippen molar-refractivity contribution in [2.75, 3.05) is 0 Å². The first kappa shape index (κ1) is 24.6. The molecule has 0 aromatic heterocycles. The van der Waals surface area contributed by atoms with Crippen molar-refractivity contribution in [3.05, 3.63) is 60.7 Å². The molecule has 0 atom stereocenters. The van der Waals surface area contributed by atoms with Gasteiger partial charge in [-0.15, -0.1) is 12.1 Å². The molecule has 2 rings (SSSR count). The monoisotopic (exact) mass is 345 g/mol. The third kappa shape index (κ3) is 12.6. The Kier molecular flexibility index (Phi) is 25.6. The van der Waals surface area contributed by atoms with E-state index < -0.39 is 0 Å². The van der Waals surface area contributed by atoms with Crippen molar-refractivity contribution in [3.8, 4) is 11.1 Å². The molecule has 2 aromatic rings. The zero-order valence-electron chi connectivity index (χ0n) is 13.9. The Labute approximate surface area is 151 Å². The maximum absolute atomic E-state index is 3.15. The van der Waals surface area contributed by atoms with Crippen LogP contribution in [0.4, 0.5) is 0 Å². The number of hydrogen-bond acceptors (Lipinski definition) is 0. The Hall–Kier alpha value is -0.456. The van der Waals surface area contributed by atoms with Crippen LogP contribution >= 0.6 is 0 Å². The van der Waals surface area contributed by atoms with Crippen LogP contribution in [0.15, 0.2) is 48.5 Å². The normalized spacial score (nSPS) is 7.30. The molecule has 0 spiro atoms. The summed E-state index contributed by atoms with van der Waals surface area (Å²) in [5.74, 6) is 0. The van der Waals surface area contributed by atoms with E-state index in [0.717, 1.165) is 11.1 Å². The molecule has 0 saturated carbocycles. The Balaban J connectivity index is -0.000000315. The largest absolute Gasteiger partial charge is 0.226 e. The SMILES string of the molecule is CC.CC.CCC.[Y].[c-]1ccccc1-c1[c-]cccc1. The van der Waals surface area contributed by atoms with Crippen LogP contribution in [0.5, 0.6) is 0 Å². The topological polar surface area (TPSA) is 0 Å². The molecule has 109 valence electrons. The van der Waals surface area contributed by atoms with Crippen LogP contribution in [-0.2, 0) is 32.7 Å². The van der Waals surface area contributed by atoms with Crippen molar-refractivity contribution in [1.29, 1.82) is 0 Å². The maximum atomic E-state index is 3.15. The molecule has 0 amide bonds. The smallest absolute Gasteiger partial charge is 0 e. The third-order valence-corrected chi connectivity index (χ3v) is 1.71. The van der Waals surface area contributed by atoms with Gasteiger partial charge in [-0.2, -0.15) is 48.5 Å². The Bertz CT molecular complexity index is 317. The van der Waals surface area contributed by atoms with Crippen molar-refractivity contribution in [1.82, 2.24) is 0 Å². The van der Waals surface area contributed by atoms with Crippen molar-refractivity contribution in [3.63, 3.8) is 0 Å². The van der Waals surface area contributed by atoms with Gasteiger partial charge in [-0.25, -0.2) is 11.1 Å². The second-order valence-corrected chi connectivity index (χ2v) is 3.26. The maximum Gasteiger partial charge on any atom is 0 e. The zero-order chi connectivity index (χ0) is 14.9. The molecule has 0 N–H and O–H groups in total. The van der Waals surface area contributed by atoms with E-state index in [1.807, 2.05) is 76.2 Å². The van der Waals surface area contributed by atoms with Gasteiger partial charge in [0.15, 0.2) is 0 Å². The molecular weight excluding hydrogens is 317 g/mol. The van der Waals surface area contributed by atoms with E-state index in [-0.39, 0.29) is 32.7 Å². The fourth-order valence-electron chi connectivity index (χ4n) is 1.12. The molecular formula is C19H28Y-2. The van der Waals surface area contributed by atoms with Crippen molar-refractivity contribution in [2.24, 2.45) is 0 Å². The van der Waals surface area contributed by atoms with Gasteiger partial charge in [-0.3, -0.25) is 0 Å². The molecule has 1 heteroatoms. The molecule has 1 radical (unpaired) electrons. The van der Waals surface area contributed by atoms with E-state index in [2.05, 4.69) is 26.0 Å². The molecule has 0 aliphatic rings. The average Bonchev–Trinajstić information content (AvgIpc) is 2.54. The van der Waals surface area contributed by atoms with Crippen molar-refractivity contribution < 1.29 is 32.7 Å². The fraction of sp³-hybridized carbons (Fsp3) is 0.368. The summed E-state index contributed by atoms with van der Waals surface area (Å²) >= 11 is 0. The number of benzene rings is 2. The molecule has 0 fully saturated rings. The van der Waals surface area contributed by atoms with Crippen LogP contribution in [0.2, 0.25) is 0 Å². The molecule has 2 aromatic carbocycles. The van der Waals surface area contributed by atoms with Gasteiger partial charge in [0, 0.05) is 32.7 Å². The quantitative estimate of drug-likeness (QED) is 0.523. The van der Waals surface area contributed by atoms with Crippen molar-refractivity contribution in [2.45, 2.75) is 48.0 Å².